The molecule has 0 aliphatic heterocycles. The Bertz CT molecular complexity index is 968. The van der Waals surface area contributed by atoms with Crippen LogP contribution in [0.3, 0.4) is 0 Å². The lowest BCUT2D eigenvalue weighted by Gasteiger charge is -2.05. The predicted molar refractivity (Wildman–Crippen MR) is 108 cm³/mol. The largest absolute Gasteiger partial charge is 0.435 e. The number of hydrogen-bond acceptors (Lipinski definition) is 6. The van der Waals surface area contributed by atoms with E-state index in [1.54, 1.807) is 12.1 Å². The van der Waals surface area contributed by atoms with E-state index in [0.717, 1.165) is 28.3 Å². The summed E-state index contributed by atoms with van der Waals surface area (Å²) in [6.07, 6.45) is 1.83. The average Bonchev–Trinajstić information content (AvgIpc) is 3.18. The summed E-state index contributed by atoms with van der Waals surface area (Å²) >= 11 is 2.76. The molecule has 0 aliphatic rings. The van der Waals surface area contributed by atoms with E-state index in [2.05, 4.69) is 26.9 Å². The third-order valence-corrected chi connectivity index (χ3v) is 5.98. The molecule has 3 aromatic rings. The standard InChI is InChI=1S/C19H19F2N3O2S2/c1-4-5-14-22-10(2)16(28-14)17(25)24-19-23-15(11(3)27-19)12-6-8-13(9-7-12)26-18(20)21/h6-9,18H,4-5H2,1-3H3,(H,23,24,25). The van der Waals surface area contributed by atoms with Crippen molar-refractivity contribution in [3.05, 3.63) is 44.7 Å². The number of carbonyl (C=O) groups excluding carboxylic acids is 1. The Kier molecular flexibility index (Phi) is 6.35. The first-order chi connectivity index (χ1) is 13.4. The lowest BCUT2D eigenvalue weighted by atomic mass is 10.1. The highest BCUT2D eigenvalue weighted by molar-refractivity contribution is 7.16. The van der Waals surface area contributed by atoms with E-state index in [1.165, 1.54) is 34.8 Å². The highest BCUT2D eigenvalue weighted by Gasteiger charge is 2.18. The van der Waals surface area contributed by atoms with Gasteiger partial charge in [0, 0.05) is 10.4 Å². The molecule has 28 heavy (non-hydrogen) atoms. The number of alkyl halides is 2. The van der Waals surface area contributed by atoms with Crippen molar-refractivity contribution in [1.29, 1.82) is 0 Å². The van der Waals surface area contributed by atoms with E-state index in [0.29, 0.717) is 21.4 Å². The maximum Gasteiger partial charge on any atom is 0.387 e. The molecule has 2 heterocycles. The minimum absolute atomic E-state index is 0.0868. The summed E-state index contributed by atoms with van der Waals surface area (Å²) in [5.41, 5.74) is 2.17. The van der Waals surface area contributed by atoms with Crippen LogP contribution in [0, 0.1) is 13.8 Å². The van der Waals surface area contributed by atoms with Crippen molar-refractivity contribution in [2.75, 3.05) is 5.32 Å². The number of halogens is 2. The van der Waals surface area contributed by atoms with Crippen LogP contribution in [0.15, 0.2) is 24.3 Å². The van der Waals surface area contributed by atoms with E-state index in [1.807, 2.05) is 13.8 Å². The fraction of sp³-hybridized carbons (Fsp3) is 0.316. The first-order valence-corrected chi connectivity index (χ1v) is 10.3. The monoisotopic (exact) mass is 423 g/mol. The summed E-state index contributed by atoms with van der Waals surface area (Å²) in [5, 5.41) is 4.27. The molecule has 9 heteroatoms. The third kappa shape index (κ3) is 4.71. The van der Waals surface area contributed by atoms with Crippen LogP contribution in [0.25, 0.3) is 11.3 Å². The Morgan fingerprint density at radius 2 is 1.89 bits per heavy atom. The molecule has 0 fully saturated rings. The van der Waals surface area contributed by atoms with Crippen molar-refractivity contribution in [2.45, 2.75) is 40.2 Å². The van der Waals surface area contributed by atoms with Gasteiger partial charge in [-0.05, 0) is 51.0 Å². The van der Waals surface area contributed by atoms with Crippen LogP contribution in [0.2, 0.25) is 0 Å². The molecule has 5 nitrogen and oxygen atoms in total. The summed E-state index contributed by atoms with van der Waals surface area (Å²) < 4.78 is 28.9. The zero-order valence-corrected chi connectivity index (χ0v) is 17.2. The highest BCUT2D eigenvalue weighted by Crippen LogP contribution is 2.32. The first-order valence-electron chi connectivity index (χ1n) is 8.67. The maximum absolute atomic E-state index is 12.6. The van der Waals surface area contributed by atoms with Crippen molar-refractivity contribution in [2.24, 2.45) is 0 Å². The van der Waals surface area contributed by atoms with Gasteiger partial charge in [-0.3, -0.25) is 10.1 Å². The quantitative estimate of drug-likeness (QED) is 0.530. The van der Waals surface area contributed by atoms with Gasteiger partial charge < -0.3 is 4.74 Å². The van der Waals surface area contributed by atoms with Gasteiger partial charge in [-0.25, -0.2) is 9.97 Å². The number of nitrogens with one attached hydrogen (secondary N) is 1. The van der Waals surface area contributed by atoms with Crippen molar-refractivity contribution in [1.82, 2.24) is 9.97 Å². The summed E-state index contributed by atoms with van der Waals surface area (Å²) in [4.78, 5) is 23.0. The minimum atomic E-state index is -2.86. The number of thiazole rings is 2. The van der Waals surface area contributed by atoms with Crippen molar-refractivity contribution in [3.63, 3.8) is 0 Å². The molecule has 0 atom stereocenters. The fourth-order valence-corrected chi connectivity index (χ4v) is 4.54. The number of hydrogen-bond donors (Lipinski definition) is 1. The van der Waals surface area contributed by atoms with Crippen LogP contribution in [-0.2, 0) is 6.42 Å². The summed E-state index contributed by atoms with van der Waals surface area (Å²) in [6.45, 7) is 2.93. The fourth-order valence-electron chi connectivity index (χ4n) is 2.65. The maximum atomic E-state index is 12.6. The van der Waals surface area contributed by atoms with Gasteiger partial charge in [0.25, 0.3) is 5.91 Å². The van der Waals surface area contributed by atoms with Crippen molar-refractivity contribution in [3.8, 4) is 17.0 Å². The number of aromatic nitrogens is 2. The molecule has 0 saturated heterocycles. The SMILES string of the molecule is CCCc1nc(C)c(C(=O)Nc2nc(-c3ccc(OC(F)F)cc3)c(C)s2)s1. The molecule has 0 bridgehead atoms. The van der Waals surface area contributed by atoms with Crippen LogP contribution in [0.4, 0.5) is 13.9 Å². The molecule has 0 spiro atoms. The van der Waals surface area contributed by atoms with Gasteiger partial charge in [-0.2, -0.15) is 8.78 Å². The zero-order chi connectivity index (χ0) is 20.3. The zero-order valence-electron chi connectivity index (χ0n) is 15.6. The number of carbonyl (C=O) groups is 1. The number of rotatable bonds is 7. The molecular weight excluding hydrogens is 404 g/mol. The van der Waals surface area contributed by atoms with Crippen LogP contribution >= 0.6 is 22.7 Å². The normalized spacial score (nSPS) is 11.1. The Morgan fingerprint density at radius 3 is 2.54 bits per heavy atom. The van der Waals surface area contributed by atoms with Gasteiger partial charge in [-0.1, -0.05) is 6.92 Å². The average molecular weight is 424 g/mol. The molecular formula is C19H19F2N3O2S2. The van der Waals surface area contributed by atoms with Crippen molar-refractivity contribution < 1.29 is 18.3 Å². The lowest BCUT2D eigenvalue weighted by Crippen LogP contribution is -2.11. The van der Waals surface area contributed by atoms with E-state index >= 15 is 0 Å². The van der Waals surface area contributed by atoms with Gasteiger partial charge in [0.15, 0.2) is 5.13 Å². The highest BCUT2D eigenvalue weighted by atomic mass is 32.1. The molecule has 0 aliphatic carbocycles. The van der Waals surface area contributed by atoms with Crippen LogP contribution in [0.5, 0.6) is 5.75 Å². The number of anilines is 1. The molecule has 0 radical (unpaired) electrons. The second-order valence-electron chi connectivity index (χ2n) is 6.05. The number of amides is 1. The number of nitrogens with zero attached hydrogens (tertiary/aromatic N) is 2. The van der Waals surface area contributed by atoms with Crippen LogP contribution in [0.1, 0.15) is 38.6 Å². The Morgan fingerprint density at radius 1 is 1.18 bits per heavy atom. The summed E-state index contributed by atoms with van der Waals surface area (Å²) in [6, 6.07) is 6.26. The summed E-state index contributed by atoms with van der Waals surface area (Å²) in [5.74, 6) is -0.137. The predicted octanol–water partition coefficient (Wildman–Crippen LogP) is 5.69. The molecule has 1 amide bonds. The molecule has 0 unspecified atom stereocenters. The minimum Gasteiger partial charge on any atom is -0.435 e. The number of benzene rings is 1. The van der Waals surface area contributed by atoms with Crippen LogP contribution < -0.4 is 10.1 Å². The van der Waals surface area contributed by atoms with E-state index in [-0.39, 0.29) is 11.7 Å². The molecule has 0 saturated carbocycles. The van der Waals surface area contributed by atoms with Gasteiger partial charge >= 0.3 is 6.61 Å². The summed E-state index contributed by atoms with van der Waals surface area (Å²) in [7, 11) is 0. The van der Waals surface area contributed by atoms with E-state index in [9.17, 15) is 13.6 Å². The molecule has 148 valence electrons. The Balaban J connectivity index is 1.76. The smallest absolute Gasteiger partial charge is 0.387 e. The molecule has 1 N–H and O–H groups in total. The first kappa shape index (κ1) is 20.3. The third-order valence-electron chi connectivity index (χ3n) is 3.88. The van der Waals surface area contributed by atoms with Crippen LogP contribution in [-0.4, -0.2) is 22.5 Å². The Hall–Kier alpha value is -2.39. The van der Waals surface area contributed by atoms with Gasteiger partial charge in [0.1, 0.15) is 10.6 Å². The molecule has 2 aromatic heterocycles. The van der Waals surface area contributed by atoms with E-state index < -0.39 is 6.61 Å². The van der Waals surface area contributed by atoms with Crippen molar-refractivity contribution >= 4 is 33.7 Å². The van der Waals surface area contributed by atoms with Gasteiger partial charge in [-0.15, -0.1) is 22.7 Å². The second kappa shape index (κ2) is 8.74. The molecule has 1 aromatic carbocycles. The lowest BCUT2D eigenvalue weighted by molar-refractivity contribution is -0.0498. The molecule has 3 rings (SSSR count). The second-order valence-corrected chi connectivity index (χ2v) is 8.34. The van der Waals surface area contributed by atoms with Gasteiger partial charge in [0.05, 0.1) is 16.4 Å². The number of ether oxygens (including phenoxy) is 1. The number of aryl methyl sites for hydroxylation is 3. The Labute approximate surface area is 169 Å². The van der Waals surface area contributed by atoms with E-state index in [4.69, 9.17) is 0 Å². The van der Waals surface area contributed by atoms with Gasteiger partial charge in [0.2, 0.25) is 0 Å². The topological polar surface area (TPSA) is 64.1 Å².